The Morgan fingerprint density at radius 1 is 1.11 bits per heavy atom. The first kappa shape index (κ1) is 25.1. The van der Waals surface area contributed by atoms with E-state index < -0.39 is 23.5 Å². The van der Waals surface area contributed by atoms with Crippen LogP contribution in [0.5, 0.6) is 0 Å². The molecule has 13 heteroatoms. The second-order valence-corrected chi connectivity index (χ2v) is 8.74. The fraction of sp³-hybridized carbons (Fsp3) is 0.280. The third-order valence-corrected chi connectivity index (χ3v) is 6.04. The van der Waals surface area contributed by atoms with Crippen LogP contribution >= 0.6 is 0 Å². The molecule has 0 spiro atoms. The summed E-state index contributed by atoms with van der Waals surface area (Å²) in [5, 5.41) is 14.8. The Morgan fingerprint density at radius 3 is 2.53 bits per heavy atom. The summed E-state index contributed by atoms with van der Waals surface area (Å²) in [7, 11) is 1.75. The number of anilines is 1. The SMILES string of the molecule is CCc1nc(Cn2nc(C(F)(F)F)c(NC(=O)c3cc(-c4cc(C)nn4C)nc4ccccc34)c2C)no1. The van der Waals surface area contributed by atoms with Gasteiger partial charge in [-0.2, -0.15) is 28.4 Å². The maximum Gasteiger partial charge on any atom is 0.437 e. The van der Waals surface area contributed by atoms with Gasteiger partial charge in [-0.25, -0.2) is 4.98 Å². The van der Waals surface area contributed by atoms with Gasteiger partial charge in [0.15, 0.2) is 11.5 Å². The number of pyridine rings is 1. The smallest absolute Gasteiger partial charge is 0.339 e. The number of para-hydroxylation sites is 1. The first-order chi connectivity index (χ1) is 18.0. The number of nitrogens with zero attached hydrogens (tertiary/aromatic N) is 7. The van der Waals surface area contributed by atoms with E-state index in [0.717, 1.165) is 10.4 Å². The Morgan fingerprint density at radius 2 is 1.87 bits per heavy atom. The number of rotatable bonds is 6. The number of carbonyl (C=O) groups is 1. The van der Waals surface area contributed by atoms with Gasteiger partial charge in [-0.05, 0) is 32.0 Å². The van der Waals surface area contributed by atoms with Gasteiger partial charge in [0.25, 0.3) is 5.91 Å². The van der Waals surface area contributed by atoms with Gasteiger partial charge in [-0.1, -0.05) is 30.3 Å². The highest BCUT2D eigenvalue weighted by atomic mass is 19.4. The fourth-order valence-electron chi connectivity index (χ4n) is 4.21. The van der Waals surface area contributed by atoms with Gasteiger partial charge < -0.3 is 9.84 Å². The van der Waals surface area contributed by atoms with Gasteiger partial charge in [0.2, 0.25) is 5.89 Å². The predicted molar refractivity (Wildman–Crippen MR) is 131 cm³/mol. The highest BCUT2D eigenvalue weighted by molar-refractivity contribution is 6.13. The van der Waals surface area contributed by atoms with Crippen LogP contribution in [0.15, 0.2) is 40.9 Å². The Bertz CT molecular complexity index is 1670. The summed E-state index contributed by atoms with van der Waals surface area (Å²) in [4.78, 5) is 22.3. The van der Waals surface area contributed by atoms with E-state index in [1.165, 1.54) is 6.92 Å². The maximum absolute atomic E-state index is 14.0. The molecule has 5 aromatic rings. The standard InChI is InChI=1S/C25H23F3N8O2/c1-5-21-30-20(34-38-21)12-36-14(3)22(23(33-36)25(26,27)28)31-24(37)16-11-18(19-10-13(2)32-35(19)4)29-17-9-7-6-8-15(16)17/h6-11H,5,12H2,1-4H3,(H,31,37). The van der Waals surface area contributed by atoms with Crippen molar-refractivity contribution in [1.82, 2.24) is 34.7 Å². The molecule has 0 radical (unpaired) electrons. The average molecular weight is 525 g/mol. The van der Waals surface area contributed by atoms with Crippen LogP contribution in [0.3, 0.4) is 0 Å². The van der Waals surface area contributed by atoms with Gasteiger partial charge in [0, 0.05) is 18.9 Å². The Kier molecular flexibility index (Phi) is 6.21. The topological polar surface area (TPSA) is 117 Å². The maximum atomic E-state index is 14.0. The predicted octanol–water partition coefficient (Wildman–Crippen LogP) is 4.71. The van der Waals surface area contributed by atoms with E-state index in [2.05, 4.69) is 30.6 Å². The molecule has 4 heterocycles. The lowest BCUT2D eigenvalue weighted by Gasteiger charge is -2.12. The molecule has 1 aromatic carbocycles. The molecule has 5 rings (SSSR count). The molecular formula is C25H23F3N8O2. The molecule has 0 aliphatic heterocycles. The van der Waals surface area contributed by atoms with Crippen LogP contribution in [0.1, 0.15) is 46.1 Å². The van der Waals surface area contributed by atoms with Gasteiger partial charge in [-0.15, -0.1) is 0 Å². The van der Waals surface area contributed by atoms with Crippen molar-refractivity contribution in [3.05, 3.63) is 70.8 Å². The summed E-state index contributed by atoms with van der Waals surface area (Å²) >= 11 is 0. The number of hydrogen-bond acceptors (Lipinski definition) is 7. The van der Waals surface area contributed by atoms with Crippen molar-refractivity contribution < 1.29 is 22.5 Å². The van der Waals surface area contributed by atoms with Gasteiger partial charge >= 0.3 is 6.18 Å². The molecule has 0 saturated carbocycles. The molecule has 10 nitrogen and oxygen atoms in total. The van der Waals surface area contributed by atoms with Gasteiger partial charge in [0.1, 0.15) is 6.54 Å². The van der Waals surface area contributed by atoms with Crippen molar-refractivity contribution in [2.75, 3.05) is 5.32 Å². The van der Waals surface area contributed by atoms with E-state index in [4.69, 9.17) is 4.52 Å². The number of aryl methyl sites for hydroxylation is 3. The number of halogens is 3. The molecule has 0 fully saturated rings. The molecule has 38 heavy (non-hydrogen) atoms. The van der Waals surface area contributed by atoms with E-state index in [-0.39, 0.29) is 23.6 Å². The largest absolute Gasteiger partial charge is 0.437 e. The van der Waals surface area contributed by atoms with Crippen LogP contribution in [0, 0.1) is 13.8 Å². The molecule has 4 aromatic heterocycles. The summed E-state index contributed by atoms with van der Waals surface area (Å²) in [5.74, 6) is -0.196. The number of hydrogen-bond donors (Lipinski definition) is 1. The number of amides is 1. The molecular weight excluding hydrogens is 501 g/mol. The molecule has 0 bridgehead atoms. The van der Waals surface area contributed by atoms with Gasteiger partial charge in [0.05, 0.1) is 39.5 Å². The average Bonchev–Trinajstić information content (AvgIpc) is 3.56. The summed E-state index contributed by atoms with van der Waals surface area (Å²) in [6, 6.07) is 10.3. The normalized spacial score (nSPS) is 11.9. The number of aromatic nitrogens is 7. The van der Waals surface area contributed by atoms with Gasteiger partial charge in [-0.3, -0.25) is 14.2 Å². The zero-order valence-corrected chi connectivity index (χ0v) is 21.0. The van der Waals surface area contributed by atoms with Crippen molar-refractivity contribution in [2.24, 2.45) is 7.05 Å². The quantitative estimate of drug-likeness (QED) is 0.342. The van der Waals surface area contributed by atoms with Crippen LogP contribution in [0.25, 0.3) is 22.3 Å². The number of nitrogens with one attached hydrogen (secondary N) is 1. The summed E-state index contributed by atoms with van der Waals surface area (Å²) in [6.07, 6.45) is -4.33. The summed E-state index contributed by atoms with van der Waals surface area (Å²) < 4.78 is 49.7. The second kappa shape index (κ2) is 9.39. The molecule has 0 saturated heterocycles. The van der Waals surface area contributed by atoms with Crippen LogP contribution < -0.4 is 5.32 Å². The van der Waals surface area contributed by atoms with E-state index in [9.17, 15) is 18.0 Å². The number of benzene rings is 1. The van der Waals surface area contributed by atoms with Crippen molar-refractivity contribution in [3.8, 4) is 11.4 Å². The monoisotopic (exact) mass is 524 g/mol. The number of carbonyl (C=O) groups excluding carboxylic acids is 1. The lowest BCUT2D eigenvalue weighted by Crippen LogP contribution is -2.17. The van der Waals surface area contributed by atoms with Crippen molar-refractivity contribution in [2.45, 2.75) is 39.9 Å². The first-order valence-corrected chi connectivity index (χ1v) is 11.7. The second-order valence-electron chi connectivity index (χ2n) is 8.74. The highest BCUT2D eigenvalue weighted by Gasteiger charge is 2.39. The lowest BCUT2D eigenvalue weighted by atomic mass is 10.1. The highest BCUT2D eigenvalue weighted by Crippen LogP contribution is 2.36. The van der Waals surface area contributed by atoms with Crippen molar-refractivity contribution >= 4 is 22.5 Å². The van der Waals surface area contributed by atoms with E-state index >= 15 is 0 Å². The minimum atomic E-state index is -4.82. The van der Waals surface area contributed by atoms with Crippen LogP contribution in [-0.4, -0.2) is 40.6 Å². The first-order valence-electron chi connectivity index (χ1n) is 11.7. The number of fused-ring (bicyclic) bond motifs is 1. The Labute approximate surface area is 214 Å². The van der Waals surface area contributed by atoms with Crippen LogP contribution in [0.4, 0.5) is 18.9 Å². The van der Waals surface area contributed by atoms with E-state index in [1.54, 1.807) is 42.1 Å². The summed E-state index contributed by atoms with van der Waals surface area (Å²) in [6.45, 7) is 4.92. The van der Waals surface area contributed by atoms with Crippen molar-refractivity contribution in [1.29, 1.82) is 0 Å². The minimum Gasteiger partial charge on any atom is -0.339 e. The zero-order chi connectivity index (χ0) is 27.2. The third-order valence-electron chi connectivity index (χ3n) is 6.04. The molecule has 1 N–H and O–H groups in total. The molecule has 0 unspecified atom stereocenters. The Hall–Kier alpha value is -4.55. The molecule has 0 aliphatic carbocycles. The van der Waals surface area contributed by atoms with Crippen molar-refractivity contribution in [3.63, 3.8) is 0 Å². The molecule has 0 aliphatic rings. The Balaban J connectivity index is 1.57. The minimum absolute atomic E-state index is 0.0920. The van der Waals surface area contributed by atoms with Crippen LogP contribution in [0.2, 0.25) is 0 Å². The third kappa shape index (κ3) is 4.62. The lowest BCUT2D eigenvalue weighted by molar-refractivity contribution is -0.140. The van der Waals surface area contributed by atoms with Crippen LogP contribution in [-0.2, 0) is 26.2 Å². The molecule has 1 amide bonds. The summed E-state index contributed by atoms with van der Waals surface area (Å²) in [5.41, 5.74) is 0.988. The fourth-order valence-corrected chi connectivity index (χ4v) is 4.21. The molecule has 196 valence electrons. The zero-order valence-electron chi connectivity index (χ0n) is 21.0. The molecule has 0 atom stereocenters. The van der Waals surface area contributed by atoms with E-state index in [0.29, 0.717) is 34.6 Å². The van der Waals surface area contributed by atoms with E-state index in [1.807, 2.05) is 19.9 Å². The number of alkyl halides is 3.